The summed E-state index contributed by atoms with van der Waals surface area (Å²) < 4.78 is 5.56. The molecule has 0 amide bonds. The zero-order chi connectivity index (χ0) is 13.1. The van der Waals surface area contributed by atoms with Crippen molar-refractivity contribution in [2.24, 2.45) is 0 Å². The van der Waals surface area contributed by atoms with Crippen LogP contribution in [0.5, 0.6) is 0 Å². The monoisotopic (exact) mass is 258 g/mol. The molecule has 3 heteroatoms. The topological polar surface area (TPSA) is 28.4 Å². The quantitative estimate of drug-likeness (QED) is 0.893. The molecular formula is C16H22N2O. The van der Waals surface area contributed by atoms with Crippen molar-refractivity contribution in [3.8, 4) is 0 Å². The summed E-state index contributed by atoms with van der Waals surface area (Å²) in [4.78, 5) is 2.55. The first kappa shape index (κ1) is 12.7. The number of furan rings is 1. The fourth-order valence-electron chi connectivity index (χ4n) is 2.87. The summed E-state index contributed by atoms with van der Waals surface area (Å²) in [5, 5.41) is 4.83. The highest BCUT2D eigenvalue weighted by Crippen LogP contribution is 2.20. The van der Waals surface area contributed by atoms with Gasteiger partial charge in [0.15, 0.2) is 0 Å². The summed E-state index contributed by atoms with van der Waals surface area (Å²) in [7, 11) is 0. The van der Waals surface area contributed by atoms with Gasteiger partial charge in [0.2, 0.25) is 0 Å². The molecule has 3 nitrogen and oxygen atoms in total. The van der Waals surface area contributed by atoms with Crippen molar-refractivity contribution >= 4 is 11.0 Å². The van der Waals surface area contributed by atoms with E-state index in [-0.39, 0.29) is 0 Å². The van der Waals surface area contributed by atoms with Gasteiger partial charge in [-0.3, -0.25) is 0 Å². The minimum absolute atomic E-state index is 0.520. The molecule has 1 aliphatic rings. The van der Waals surface area contributed by atoms with E-state index < -0.39 is 0 Å². The summed E-state index contributed by atoms with van der Waals surface area (Å²) in [5.41, 5.74) is 2.23. The number of hydrogen-bond acceptors (Lipinski definition) is 3. The molecule has 1 N–H and O–H groups in total. The Kier molecular flexibility index (Phi) is 3.85. The molecule has 1 saturated heterocycles. The Hall–Kier alpha value is -1.32. The molecule has 0 radical (unpaired) electrons. The zero-order valence-corrected chi connectivity index (χ0v) is 11.6. The van der Waals surface area contributed by atoms with Crippen LogP contribution in [-0.4, -0.2) is 30.6 Å². The van der Waals surface area contributed by atoms with Crippen LogP contribution in [0, 0.1) is 0 Å². The van der Waals surface area contributed by atoms with E-state index in [4.69, 9.17) is 4.42 Å². The molecule has 0 aliphatic carbocycles. The normalized spacial score (nSPS) is 18.2. The summed E-state index contributed by atoms with van der Waals surface area (Å²) >= 11 is 0. The first-order valence-electron chi connectivity index (χ1n) is 7.24. The van der Waals surface area contributed by atoms with Gasteiger partial charge in [-0.1, -0.05) is 18.2 Å². The van der Waals surface area contributed by atoms with E-state index in [9.17, 15) is 0 Å². The van der Waals surface area contributed by atoms with Gasteiger partial charge in [0.1, 0.15) is 5.58 Å². The second-order valence-corrected chi connectivity index (χ2v) is 5.55. The Morgan fingerprint density at radius 1 is 1.26 bits per heavy atom. The maximum atomic E-state index is 5.56. The van der Waals surface area contributed by atoms with Crippen LogP contribution in [0.15, 0.2) is 34.9 Å². The fourth-order valence-corrected chi connectivity index (χ4v) is 2.87. The van der Waals surface area contributed by atoms with Crippen molar-refractivity contribution in [3.63, 3.8) is 0 Å². The molecule has 1 aromatic carbocycles. The summed E-state index contributed by atoms with van der Waals surface area (Å²) in [5.74, 6) is 0. The SMILES string of the molecule is CC(CN1CCCC1)NCc1coc2ccccc12. The number of para-hydroxylation sites is 1. The van der Waals surface area contributed by atoms with Crippen molar-refractivity contribution < 1.29 is 4.42 Å². The Balaban J connectivity index is 1.56. The minimum atomic E-state index is 0.520. The molecular weight excluding hydrogens is 236 g/mol. The molecule has 102 valence electrons. The summed E-state index contributed by atoms with van der Waals surface area (Å²) in [6.45, 7) is 6.82. The molecule has 3 rings (SSSR count). The molecule has 2 aromatic rings. The second kappa shape index (κ2) is 5.76. The third kappa shape index (κ3) is 2.99. The smallest absolute Gasteiger partial charge is 0.134 e. The van der Waals surface area contributed by atoms with Crippen LogP contribution in [0.2, 0.25) is 0 Å². The van der Waals surface area contributed by atoms with Gasteiger partial charge >= 0.3 is 0 Å². The van der Waals surface area contributed by atoms with E-state index in [2.05, 4.69) is 29.3 Å². The molecule has 1 unspecified atom stereocenters. The lowest BCUT2D eigenvalue weighted by atomic mass is 10.1. The van der Waals surface area contributed by atoms with Gasteiger partial charge in [-0.25, -0.2) is 0 Å². The van der Waals surface area contributed by atoms with Gasteiger partial charge in [0.05, 0.1) is 6.26 Å². The van der Waals surface area contributed by atoms with Gasteiger partial charge in [-0.15, -0.1) is 0 Å². The summed E-state index contributed by atoms with van der Waals surface area (Å²) in [6, 6.07) is 8.74. The number of nitrogens with zero attached hydrogens (tertiary/aromatic N) is 1. The fraction of sp³-hybridized carbons (Fsp3) is 0.500. The van der Waals surface area contributed by atoms with Crippen molar-refractivity contribution in [3.05, 3.63) is 36.1 Å². The largest absolute Gasteiger partial charge is 0.464 e. The number of likely N-dealkylation sites (tertiary alicyclic amines) is 1. The molecule has 1 fully saturated rings. The van der Waals surface area contributed by atoms with E-state index in [1.807, 2.05) is 18.4 Å². The lowest BCUT2D eigenvalue weighted by Crippen LogP contribution is -2.37. The van der Waals surface area contributed by atoms with E-state index in [1.54, 1.807) is 0 Å². The molecule has 19 heavy (non-hydrogen) atoms. The lowest BCUT2D eigenvalue weighted by Gasteiger charge is -2.21. The minimum Gasteiger partial charge on any atom is -0.464 e. The Bertz CT molecular complexity index is 528. The van der Waals surface area contributed by atoms with Crippen LogP contribution in [0.25, 0.3) is 11.0 Å². The standard InChI is InChI=1S/C16H22N2O/c1-13(11-18-8-4-5-9-18)17-10-14-12-19-16-7-3-2-6-15(14)16/h2-3,6-7,12-13,17H,4-5,8-11H2,1H3. The van der Waals surface area contributed by atoms with Gasteiger partial charge < -0.3 is 14.6 Å². The Morgan fingerprint density at radius 2 is 2.05 bits per heavy atom. The molecule has 0 spiro atoms. The number of hydrogen-bond donors (Lipinski definition) is 1. The van der Waals surface area contributed by atoms with E-state index >= 15 is 0 Å². The predicted octanol–water partition coefficient (Wildman–Crippen LogP) is 3.01. The molecule has 0 saturated carbocycles. The number of fused-ring (bicyclic) bond motifs is 1. The third-order valence-electron chi connectivity index (χ3n) is 3.93. The zero-order valence-electron chi connectivity index (χ0n) is 11.6. The maximum absolute atomic E-state index is 5.56. The Morgan fingerprint density at radius 3 is 2.89 bits per heavy atom. The molecule has 0 bridgehead atoms. The second-order valence-electron chi connectivity index (χ2n) is 5.55. The third-order valence-corrected chi connectivity index (χ3v) is 3.93. The van der Waals surface area contributed by atoms with Gasteiger partial charge in [-0.2, -0.15) is 0 Å². The van der Waals surface area contributed by atoms with Gasteiger partial charge in [0, 0.05) is 30.1 Å². The number of nitrogens with one attached hydrogen (secondary N) is 1. The van der Waals surface area contributed by atoms with E-state index in [0.29, 0.717) is 6.04 Å². The number of benzene rings is 1. The van der Waals surface area contributed by atoms with Crippen molar-refractivity contribution in [1.82, 2.24) is 10.2 Å². The Labute approximate surface area is 114 Å². The van der Waals surface area contributed by atoms with Crippen LogP contribution < -0.4 is 5.32 Å². The highest BCUT2D eigenvalue weighted by molar-refractivity contribution is 5.80. The maximum Gasteiger partial charge on any atom is 0.134 e. The van der Waals surface area contributed by atoms with Crippen LogP contribution in [0.4, 0.5) is 0 Å². The van der Waals surface area contributed by atoms with Crippen LogP contribution in [0.3, 0.4) is 0 Å². The average Bonchev–Trinajstić information content (AvgIpc) is 3.05. The van der Waals surface area contributed by atoms with E-state index in [0.717, 1.165) is 18.7 Å². The average molecular weight is 258 g/mol. The van der Waals surface area contributed by atoms with Gasteiger partial charge in [0.25, 0.3) is 0 Å². The molecule has 1 aromatic heterocycles. The van der Waals surface area contributed by atoms with Crippen LogP contribution in [0.1, 0.15) is 25.3 Å². The van der Waals surface area contributed by atoms with E-state index in [1.165, 1.54) is 36.9 Å². The van der Waals surface area contributed by atoms with Crippen molar-refractivity contribution in [1.29, 1.82) is 0 Å². The molecule has 1 atom stereocenters. The van der Waals surface area contributed by atoms with Crippen molar-refractivity contribution in [2.75, 3.05) is 19.6 Å². The predicted molar refractivity (Wildman–Crippen MR) is 78.2 cm³/mol. The first-order chi connectivity index (χ1) is 9.33. The first-order valence-corrected chi connectivity index (χ1v) is 7.24. The lowest BCUT2D eigenvalue weighted by molar-refractivity contribution is 0.298. The van der Waals surface area contributed by atoms with Crippen molar-refractivity contribution in [2.45, 2.75) is 32.4 Å². The van der Waals surface area contributed by atoms with Crippen LogP contribution >= 0.6 is 0 Å². The summed E-state index contributed by atoms with van der Waals surface area (Å²) in [6.07, 6.45) is 4.60. The highest BCUT2D eigenvalue weighted by Gasteiger charge is 2.14. The van der Waals surface area contributed by atoms with Gasteiger partial charge in [-0.05, 0) is 38.9 Å². The molecule has 1 aliphatic heterocycles. The van der Waals surface area contributed by atoms with Crippen LogP contribution in [-0.2, 0) is 6.54 Å². The highest BCUT2D eigenvalue weighted by atomic mass is 16.3. The number of rotatable bonds is 5. The molecule has 2 heterocycles.